The van der Waals surface area contributed by atoms with Gasteiger partial charge in [0.2, 0.25) is 0 Å². The Hall–Kier alpha value is -0.265. The van der Waals surface area contributed by atoms with Crippen LogP contribution in [0.1, 0.15) is 13.8 Å². The van der Waals surface area contributed by atoms with Gasteiger partial charge in [0.05, 0.1) is 0 Å². The number of aliphatic imine (C=N–C) groups is 1. The van der Waals surface area contributed by atoms with Gasteiger partial charge >= 0.3 is 0 Å². The predicted octanol–water partition coefficient (Wildman–Crippen LogP) is 2.22. The van der Waals surface area contributed by atoms with Crippen LogP contribution in [-0.2, 0) is 0 Å². The smallest absolute Gasteiger partial charge is 0.145 e. The lowest BCUT2D eigenvalue weighted by Gasteiger charge is -2.06. The fourth-order valence-corrected chi connectivity index (χ4v) is 0.544. The molecule has 0 spiro atoms. The molecule has 0 fully saturated rings. The third-order valence-corrected chi connectivity index (χ3v) is 1.80. The van der Waals surface area contributed by atoms with Crippen LogP contribution >= 0.6 is 0 Å². The first-order valence-electron chi connectivity index (χ1n) is 3.59. The SMILES string of the molecule is CN=CCB(C)C(C)C. The summed E-state index contributed by atoms with van der Waals surface area (Å²) in [7, 11) is 1.83. The Balaban J connectivity index is 3.38. The minimum Gasteiger partial charge on any atom is -0.302 e. The largest absolute Gasteiger partial charge is 0.302 e. The van der Waals surface area contributed by atoms with Crippen LogP contribution in [0.2, 0.25) is 19.0 Å². The van der Waals surface area contributed by atoms with Gasteiger partial charge in [-0.1, -0.05) is 26.5 Å². The molecule has 0 N–H and O–H groups in total. The van der Waals surface area contributed by atoms with E-state index >= 15 is 0 Å². The average Bonchev–Trinajstić information content (AvgIpc) is 1.82. The summed E-state index contributed by atoms with van der Waals surface area (Å²) in [5.74, 6) is 0.781. The summed E-state index contributed by atoms with van der Waals surface area (Å²) in [5, 5.41) is 0. The quantitative estimate of drug-likeness (QED) is 0.405. The Morgan fingerprint density at radius 3 is 2.44 bits per heavy atom. The van der Waals surface area contributed by atoms with Crippen molar-refractivity contribution in [2.75, 3.05) is 7.05 Å². The normalized spacial score (nSPS) is 11.2. The van der Waals surface area contributed by atoms with Gasteiger partial charge in [-0.15, -0.1) is 0 Å². The third kappa shape index (κ3) is 4.25. The zero-order valence-electron chi connectivity index (χ0n) is 6.89. The molecule has 0 aromatic heterocycles. The van der Waals surface area contributed by atoms with Crippen molar-refractivity contribution < 1.29 is 0 Å². The topological polar surface area (TPSA) is 12.4 Å². The highest BCUT2D eigenvalue weighted by Crippen LogP contribution is 2.09. The van der Waals surface area contributed by atoms with Gasteiger partial charge in [-0.3, -0.25) is 0 Å². The molecule has 0 saturated heterocycles. The van der Waals surface area contributed by atoms with E-state index in [1.54, 1.807) is 0 Å². The molecule has 0 bridgehead atoms. The van der Waals surface area contributed by atoms with Crippen LogP contribution in [0.3, 0.4) is 0 Å². The maximum atomic E-state index is 3.93. The number of nitrogens with zero attached hydrogens (tertiary/aromatic N) is 1. The van der Waals surface area contributed by atoms with Crippen molar-refractivity contribution in [3.63, 3.8) is 0 Å². The molecule has 1 nitrogen and oxygen atoms in total. The molecule has 0 aliphatic carbocycles. The Morgan fingerprint density at radius 2 is 2.11 bits per heavy atom. The van der Waals surface area contributed by atoms with Crippen molar-refractivity contribution in [3.05, 3.63) is 0 Å². The van der Waals surface area contributed by atoms with Gasteiger partial charge in [-0.25, -0.2) is 0 Å². The van der Waals surface area contributed by atoms with Crippen LogP contribution in [0.15, 0.2) is 4.99 Å². The van der Waals surface area contributed by atoms with Crippen LogP contribution in [0.5, 0.6) is 0 Å². The van der Waals surface area contributed by atoms with Gasteiger partial charge in [0, 0.05) is 7.05 Å². The maximum absolute atomic E-state index is 3.93. The molecule has 0 saturated carbocycles. The summed E-state index contributed by atoms with van der Waals surface area (Å²) >= 11 is 0. The second kappa shape index (κ2) is 4.60. The standard InChI is InChI=1S/C7H16BN/c1-7(2)8(3)5-6-9-4/h6-7H,5H2,1-4H3. The predicted molar refractivity (Wildman–Crippen MR) is 45.9 cm³/mol. The van der Waals surface area contributed by atoms with Gasteiger partial charge in [-0.2, -0.15) is 0 Å². The highest BCUT2D eigenvalue weighted by atomic mass is 14.6. The van der Waals surface area contributed by atoms with Gasteiger partial charge in [0.15, 0.2) is 0 Å². The lowest BCUT2D eigenvalue weighted by molar-refractivity contribution is 1.04. The molecule has 0 aromatic rings. The fraction of sp³-hybridized carbons (Fsp3) is 0.857. The summed E-state index contributed by atoms with van der Waals surface area (Å²) in [6, 6.07) is 0. The molecule has 9 heavy (non-hydrogen) atoms. The van der Waals surface area contributed by atoms with Crippen molar-refractivity contribution in [1.82, 2.24) is 0 Å². The minimum absolute atomic E-state index is 0.772. The molecule has 0 rings (SSSR count). The van der Waals surface area contributed by atoms with E-state index in [9.17, 15) is 0 Å². The molecular formula is C7H16BN. The van der Waals surface area contributed by atoms with E-state index in [0.717, 1.165) is 18.9 Å². The van der Waals surface area contributed by atoms with E-state index in [2.05, 4.69) is 25.7 Å². The van der Waals surface area contributed by atoms with Crippen LogP contribution in [-0.4, -0.2) is 20.0 Å². The van der Waals surface area contributed by atoms with Crippen LogP contribution in [0.4, 0.5) is 0 Å². The zero-order chi connectivity index (χ0) is 7.28. The van der Waals surface area contributed by atoms with E-state index < -0.39 is 0 Å². The van der Waals surface area contributed by atoms with Crippen LogP contribution in [0.25, 0.3) is 0 Å². The van der Waals surface area contributed by atoms with E-state index in [0.29, 0.717) is 0 Å². The van der Waals surface area contributed by atoms with Crippen molar-refractivity contribution in [2.24, 2.45) is 4.99 Å². The molecule has 0 unspecified atom stereocenters. The van der Waals surface area contributed by atoms with Gasteiger partial charge < -0.3 is 4.99 Å². The highest BCUT2D eigenvalue weighted by Gasteiger charge is 2.08. The van der Waals surface area contributed by atoms with Gasteiger partial charge in [0.25, 0.3) is 0 Å². The lowest BCUT2D eigenvalue weighted by Crippen LogP contribution is -2.11. The molecule has 0 aromatic carbocycles. The monoisotopic (exact) mass is 125 g/mol. The molecule has 0 amide bonds. The Bertz CT molecular complexity index is 88.9. The number of hydrogen-bond donors (Lipinski definition) is 0. The molecule has 0 aliphatic rings. The lowest BCUT2D eigenvalue weighted by atomic mass is 9.42. The fourth-order valence-electron chi connectivity index (χ4n) is 0.544. The van der Waals surface area contributed by atoms with Gasteiger partial charge in [-0.05, 0) is 12.5 Å². The first kappa shape index (κ1) is 8.73. The molecule has 0 radical (unpaired) electrons. The Labute approximate surface area is 58.6 Å². The summed E-state index contributed by atoms with van der Waals surface area (Å²) in [6.07, 6.45) is 3.11. The van der Waals surface area contributed by atoms with Crippen LogP contribution < -0.4 is 0 Å². The summed E-state index contributed by atoms with van der Waals surface area (Å²) < 4.78 is 0. The molecule has 0 atom stereocenters. The van der Waals surface area contributed by atoms with E-state index in [1.807, 2.05) is 13.3 Å². The molecule has 2 heteroatoms. The maximum Gasteiger partial charge on any atom is 0.145 e. The highest BCUT2D eigenvalue weighted by molar-refractivity contribution is 6.61. The molecule has 0 aliphatic heterocycles. The molecular weight excluding hydrogens is 109 g/mol. The van der Waals surface area contributed by atoms with Crippen molar-refractivity contribution in [3.8, 4) is 0 Å². The second-order valence-electron chi connectivity index (χ2n) is 2.90. The van der Waals surface area contributed by atoms with E-state index in [1.165, 1.54) is 0 Å². The third-order valence-electron chi connectivity index (χ3n) is 1.80. The number of rotatable bonds is 3. The van der Waals surface area contributed by atoms with Crippen molar-refractivity contribution in [1.29, 1.82) is 0 Å². The minimum atomic E-state index is 0.772. The second-order valence-corrected chi connectivity index (χ2v) is 2.90. The zero-order valence-corrected chi connectivity index (χ0v) is 6.89. The average molecular weight is 125 g/mol. The Kier molecular flexibility index (Phi) is 4.46. The Morgan fingerprint density at radius 1 is 1.56 bits per heavy atom. The number of hydrogen-bond acceptors (Lipinski definition) is 1. The first-order valence-corrected chi connectivity index (χ1v) is 3.59. The summed E-state index contributed by atoms with van der Waals surface area (Å²) in [4.78, 5) is 3.93. The van der Waals surface area contributed by atoms with Crippen molar-refractivity contribution >= 4 is 12.9 Å². The van der Waals surface area contributed by atoms with Crippen molar-refractivity contribution in [2.45, 2.75) is 32.8 Å². The summed E-state index contributed by atoms with van der Waals surface area (Å²) in [5.41, 5.74) is 0. The molecule has 52 valence electrons. The van der Waals surface area contributed by atoms with Gasteiger partial charge in [0.1, 0.15) is 6.71 Å². The van der Waals surface area contributed by atoms with E-state index in [4.69, 9.17) is 0 Å². The van der Waals surface area contributed by atoms with Crippen LogP contribution in [0, 0.1) is 0 Å². The molecule has 0 heterocycles. The summed E-state index contributed by atoms with van der Waals surface area (Å²) in [6.45, 7) is 7.52. The first-order chi connectivity index (χ1) is 4.18. The van der Waals surface area contributed by atoms with E-state index in [-0.39, 0.29) is 0 Å².